The second-order valence-corrected chi connectivity index (χ2v) is 8.02. The summed E-state index contributed by atoms with van der Waals surface area (Å²) in [7, 11) is 0. The highest BCUT2D eigenvalue weighted by Gasteiger charge is 2.39. The van der Waals surface area contributed by atoms with Gasteiger partial charge in [0.25, 0.3) is 0 Å². The van der Waals surface area contributed by atoms with Crippen molar-refractivity contribution in [2.24, 2.45) is 0 Å². The van der Waals surface area contributed by atoms with Gasteiger partial charge in [-0.15, -0.1) is 0 Å². The summed E-state index contributed by atoms with van der Waals surface area (Å²) in [5.41, 5.74) is 2.56. The first-order valence-electron chi connectivity index (χ1n) is 8.85. The fraction of sp³-hybridized carbons (Fsp3) is 0.409. The number of carbonyl (C=O) groups is 1. The van der Waals surface area contributed by atoms with Crippen LogP contribution in [0.25, 0.3) is 0 Å². The Hall–Kier alpha value is -2.29. The Morgan fingerprint density at radius 1 is 1.08 bits per heavy atom. The molecule has 0 N–H and O–H groups in total. The SMILES string of the molecule is CCc1ccc(OC(=O)c2ccc3c(c2)C(C)(C)CC(C)(C)O3)cc1. The molecule has 1 heterocycles. The summed E-state index contributed by atoms with van der Waals surface area (Å²) in [6.07, 6.45) is 1.86. The van der Waals surface area contributed by atoms with Gasteiger partial charge in [-0.2, -0.15) is 0 Å². The number of carbonyl (C=O) groups excluding carboxylic acids is 1. The maximum Gasteiger partial charge on any atom is 0.343 e. The Kier molecular flexibility index (Phi) is 4.36. The van der Waals surface area contributed by atoms with E-state index in [1.54, 1.807) is 6.07 Å². The molecule has 0 bridgehead atoms. The average Bonchev–Trinajstić information content (AvgIpc) is 2.53. The van der Waals surface area contributed by atoms with E-state index < -0.39 is 0 Å². The molecule has 0 aliphatic carbocycles. The molecule has 0 saturated carbocycles. The first-order chi connectivity index (χ1) is 11.7. The zero-order chi connectivity index (χ0) is 18.2. The van der Waals surface area contributed by atoms with Crippen LogP contribution in [-0.4, -0.2) is 11.6 Å². The van der Waals surface area contributed by atoms with Crippen molar-refractivity contribution in [3.8, 4) is 11.5 Å². The monoisotopic (exact) mass is 338 g/mol. The van der Waals surface area contributed by atoms with E-state index in [2.05, 4.69) is 34.6 Å². The van der Waals surface area contributed by atoms with Gasteiger partial charge in [-0.3, -0.25) is 0 Å². The third-order valence-corrected chi connectivity index (χ3v) is 4.74. The molecule has 2 aromatic rings. The predicted octanol–water partition coefficient (Wildman–Crippen LogP) is 5.31. The molecular formula is C22H26O3. The first-order valence-corrected chi connectivity index (χ1v) is 8.85. The molecule has 3 rings (SSSR count). The fourth-order valence-electron chi connectivity index (χ4n) is 3.73. The van der Waals surface area contributed by atoms with Gasteiger partial charge in [0.15, 0.2) is 0 Å². The Bertz CT molecular complexity index is 785. The van der Waals surface area contributed by atoms with Crippen molar-refractivity contribution in [3.05, 3.63) is 59.2 Å². The fourth-order valence-corrected chi connectivity index (χ4v) is 3.73. The Morgan fingerprint density at radius 3 is 2.40 bits per heavy atom. The van der Waals surface area contributed by atoms with Gasteiger partial charge in [-0.25, -0.2) is 4.79 Å². The van der Waals surface area contributed by atoms with Gasteiger partial charge in [-0.05, 0) is 68.0 Å². The van der Waals surface area contributed by atoms with Crippen LogP contribution in [0.3, 0.4) is 0 Å². The minimum Gasteiger partial charge on any atom is -0.488 e. The molecule has 3 nitrogen and oxygen atoms in total. The molecule has 3 heteroatoms. The van der Waals surface area contributed by atoms with Gasteiger partial charge in [0.2, 0.25) is 0 Å². The van der Waals surface area contributed by atoms with Crippen molar-refractivity contribution in [2.75, 3.05) is 0 Å². The number of ether oxygens (including phenoxy) is 2. The molecule has 2 aromatic carbocycles. The van der Waals surface area contributed by atoms with Gasteiger partial charge in [0.1, 0.15) is 17.1 Å². The van der Waals surface area contributed by atoms with Crippen molar-refractivity contribution in [1.82, 2.24) is 0 Å². The third kappa shape index (κ3) is 3.71. The minimum atomic E-state index is -0.340. The normalized spacial score (nSPS) is 17.3. The van der Waals surface area contributed by atoms with Crippen LogP contribution < -0.4 is 9.47 Å². The molecule has 0 amide bonds. The van der Waals surface area contributed by atoms with E-state index in [1.807, 2.05) is 36.4 Å². The number of esters is 1. The van der Waals surface area contributed by atoms with Crippen molar-refractivity contribution in [2.45, 2.75) is 58.5 Å². The number of benzene rings is 2. The molecule has 0 unspecified atom stereocenters. The summed E-state index contributed by atoms with van der Waals surface area (Å²) in [6.45, 7) is 10.7. The lowest BCUT2D eigenvalue weighted by Crippen LogP contribution is -2.41. The highest BCUT2D eigenvalue weighted by molar-refractivity contribution is 5.91. The molecule has 1 aliphatic heterocycles. The summed E-state index contributed by atoms with van der Waals surface area (Å²) >= 11 is 0. The van der Waals surface area contributed by atoms with Crippen LogP contribution in [-0.2, 0) is 11.8 Å². The van der Waals surface area contributed by atoms with Crippen LogP contribution >= 0.6 is 0 Å². The van der Waals surface area contributed by atoms with Crippen molar-refractivity contribution >= 4 is 5.97 Å². The van der Waals surface area contributed by atoms with E-state index in [4.69, 9.17) is 9.47 Å². The Labute approximate surface area is 150 Å². The maximum absolute atomic E-state index is 12.5. The zero-order valence-electron chi connectivity index (χ0n) is 15.7. The lowest BCUT2D eigenvalue weighted by atomic mass is 9.73. The second-order valence-electron chi connectivity index (χ2n) is 8.02. The number of rotatable bonds is 3. The first kappa shape index (κ1) is 17.5. The number of fused-ring (bicyclic) bond motifs is 1. The molecule has 0 aromatic heterocycles. The molecule has 0 saturated heterocycles. The van der Waals surface area contributed by atoms with E-state index >= 15 is 0 Å². The summed E-state index contributed by atoms with van der Waals surface area (Å²) in [5.74, 6) is 1.08. The standard InChI is InChI=1S/C22H26O3/c1-6-15-7-10-17(11-8-15)24-20(23)16-9-12-19-18(13-16)21(2,3)14-22(4,5)25-19/h7-13H,6,14H2,1-5H3. The van der Waals surface area contributed by atoms with Gasteiger partial charge in [0, 0.05) is 5.56 Å². The molecule has 25 heavy (non-hydrogen) atoms. The smallest absolute Gasteiger partial charge is 0.343 e. The maximum atomic E-state index is 12.5. The quantitative estimate of drug-likeness (QED) is 0.562. The van der Waals surface area contributed by atoms with Crippen LogP contribution in [0.5, 0.6) is 11.5 Å². The van der Waals surface area contributed by atoms with E-state index in [0.29, 0.717) is 11.3 Å². The van der Waals surface area contributed by atoms with Crippen molar-refractivity contribution in [3.63, 3.8) is 0 Å². The van der Waals surface area contributed by atoms with Gasteiger partial charge in [0.05, 0.1) is 5.56 Å². The summed E-state index contributed by atoms with van der Waals surface area (Å²) in [6, 6.07) is 13.2. The molecule has 0 radical (unpaired) electrons. The van der Waals surface area contributed by atoms with E-state index in [-0.39, 0.29) is 17.0 Å². The lowest BCUT2D eigenvalue weighted by Gasteiger charge is -2.42. The van der Waals surface area contributed by atoms with E-state index in [0.717, 1.165) is 24.2 Å². The minimum absolute atomic E-state index is 0.0594. The van der Waals surface area contributed by atoms with Crippen LogP contribution in [0, 0.1) is 0 Å². The molecular weight excluding hydrogens is 312 g/mol. The summed E-state index contributed by atoms with van der Waals surface area (Å²) in [4.78, 5) is 12.5. The third-order valence-electron chi connectivity index (χ3n) is 4.74. The molecule has 1 aliphatic rings. The highest BCUT2D eigenvalue weighted by atomic mass is 16.5. The number of hydrogen-bond donors (Lipinski definition) is 0. The lowest BCUT2D eigenvalue weighted by molar-refractivity contribution is 0.0532. The van der Waals surface area contributed by atoms with Crippen molar-refractivity contribution < 1.29 is 14.3 Å². The predicted molar refractivity (Wildman–Crippen MR) is 99.6 cm³/mol. The Morgan fingerprint density at radius 2 is 1.76 bits per heavy atom. The average molecular weight is 338 g/mol. The zero-order valence-corrected chi connectivity index (χ0v) is 15.7. The number of aryl methyl sites for hydroxylation is 1. The van der Waals surface area contributed by atoms with Crippen LogP contribution in [0.4, 0.5) is 0 Å². The van der Waals surface area contributed by atoms with E-state index in [9.17, 15) is 4.79 Å². The van der Waals surface area contributed by atoms with Gasteiger partial charge in [-0.1, -0.05) is 32.9 Å². The molecule has 132 valence electrons. The van der Waals surface area contributed by atoms with Crippen molar-refractivity contribution in [1.29, 1.82) is 0 Å². The Balaban J connectivity index is 1.85. The number of hydrogen-bond acceptors (Lipinski definition) is 3. The topological polar surface area (TPSA) is 35.5 Å². The summed E-state index contributed by atoms with van der Waals surface area (Å²) in [5, 5.41) is 0. The van der Waals surface area contributed by atoms with Crippen LogP contribution in [0.1, 0.15) is 62.5 Å². The summed E-state index contributed by atoms with van der Waals surface area (Å²) < 4.78 is 11.6. The second kappa shape index (κ2) is 6.21. The van der Waals surface area contributed by atoms with Crippen LogP contribution in [0.2, 0.25) is 0 Å². The van der Waals surface area contributed by atoms with Gasteiger partial charge < -0.3 is 9.47 Å². The molecule has 0 fully saturated rings. The molecule has 0 atom stereocenters. The van der Waals surface area contributed by atoms with E-state index in [1.165, 1.54) is 5.56 Å². The van der Waals surface area contributed by atoms with Gasteiger partial charge >= 0.3 is 5.97 Å². The van der Waals surface area contributed by atoms with Crippen LogP contribution in [0.15, 0.2) is 42.5 Å². The highest BCUT2D eigenvalue weighted by Crippen LogP contribution is 2.44. The molecule has 0 spiro atoms. The largest absolute Gasteiger partial charge is 0.488 e.